The van der Waals surface area contributed by atoms with Crippen LogP contribution >= 0.6 is 15.9 Å². The highest BCUT2D eigenvalue weighted by Crippen LogP contribution is 2.19. The first kappa shape index (κ1) is 19.7. The van der Waals surface area contributed by atoms with Crippen molar-refractivity contribution in [1.29, 1.82) is 0 Å². The summed E-state index contributed by atoms with van der Waals surface area (Å²) in [5.41, 5.74) is 0.308. The number of piperazine rings is 1. The van der Waals surface area contributed by atoms with Gasteiger partial charge in [0.2, 0.25) is 15.9 Å². The van der Waals surface area contributed by atoms with Crippen molar-refractivity contribution in [3.63, 3.8) is 0 Å². The van der Waals surface area contributed by atoms with E-state index in [0.717, 1.165) is 4.47 Å². The van der Waals surface area contributed by atoms with Gasteiger partial charge in [0.25, 0.3) is 0 Å². The predicted octanol–water partition coefficient (Wildman–Crippen LogP) is 3.13. The van der Waals surface area contributed by atoms with E-state index in [1.807, 2.05) is 0 Å². The lowest BCUT2D eigenvalue weighted by Crippen LogP contribution is -2.50. The Labute approximate surface area is 166 Å². The smallest absolute Gasteiger partial charge is 0.246 e. The van der Waals surface area contributed by atoms with Crippen LogP contribution in [0.1, 0.15) is 5.56 Å². The molecule has 0 atom stereocenters. The number of hydrogen-bond acceptors (Lipinski definition) is 3. The molecule has 0 N–H and O–H groups in total. The van der Waals surface area contributed by atoms with E-state index in [4.69, 9.17) is 0 Å². The maximum Gasteiger partial charge on any atom is 0.246 e. The molecule has 0 unspecified atom stereocenters. The lowest BCUT2D eigenvalue weighted by atomic mass is 10.2. The minimum absolute atomic E-state index is 0.224. The molecular weight excluding hydrogens is 435 g/mol. The lowest BCUT2D eigenvalue weighted by Gasteiger charge is -2.33. The molecule has 8 heteroatoms. The minimum Gasteiger partial charge on any atom is -0.337 e. The minimum atomic E-state index is -3.55. The number of hydrogen-bond donors (Lipinski definition) is 0. The zero-order chi connectivity index (χ0) is 19.4. The van der Waals surface area contributed by atoms with Gasteiger partial charge in [0.05, 0.1) is 4.90 Å². The molecule has 2 aromatic carbocycles. The second-order valence-electron chi connectivity index (χ2n) is 6.04. The third-order valence-corrected chi connectivity index (χ3v) is 6.70. The van der Waals surface area contributed by atoms with Crippen LogP contribution < -0.4 is 0 Å². The summed E-state index contributed by atoms with van der Waals surface area (Å²) in [5, 5.41) is 0. The molecule has 0 aliphatic carbocycles. The molecule has 0 spiro atoms. The van der Waals surface area contributed by atoms with Crippen molar-refractivity contribution >= 4 is 37.9 Å². The first-order chi connectivity index (χ1) is 12.9. The van der Waals surface area contributed by atoms with Crippen molar-refractivity contribution in [3.8, 4) is 0 Å². The molecule has 2 aromatic rings. The van der Waals surface area contributed by atoms with Gasteiger partial charge >= 0.3 is 0 Å². The Kier molecular flexibility index (Phi) is 6.08. The van der Waals surface area contributed by atoms with E-state index in [1.54, 1.807) is 47.4 Å². The molecule has 3 rings (SSSR count). The molecule has 0 aromatic heterocycles. The second-order valence-corrected chi connectivity index (χ2v) is 8.90. The zero-order valence-corrected chi connectivity index (χ0v) is 16.8. The summed E-state index contributed by atoms with van der Waals surface area (Å²) >= 11 is 3.27. The molecule has 0 bridgehead atoms. The number of nitrogens with zero attached hydrogens (tertiary/aromatic N) is 2. The van der Waals surface area contributed by atoms with Crippen LogP contribution in [0.5, 0.6) is 0 Å². The molecule has 1 saturated heterocycles. The lowest BCUT2D eigenvalue weighted by molar-refractivity contribution is -0.127. The molecule has 1 heterocycles. The number of sulfonamides is 1. The van der Waals surface area contributed by atoms with Gasteiger partial charge in [-0.2, -0.15) is 4.31 Å². The fourth-order valence-corrected chi connectivity index (χ4v) is 4.62. The highest BCUT2D eigenvalue weighted by molar-refractivity contribution is 9.10. The van der Waals surface area contributed by atoms with Gasteiger partial charge in [-0.25, -0.2) is 12.8 Å². The zero-order valence-electron chi connectivity index (χ0n) is 14.4. The highest BCUT2D eigenvalue weighted by atomic mass is 79.9. The quantitative estimate of drug-likeness (QED) is 0.669. The maximum absolute atomic E-state index is 13.7. The molecular formula is C19H18BrFN2O3S. The van der Waals surface area contributed by atoms with Crippen LogP contribution in [0.4, 0.5) is 4.39 Å². The van der Waals surface area contributed by atoms with Crippen LogP contribution in [0.2, 0.25) is 0 Å². The number of halogens is 2. The Hall–Kier alpha value is -2.03. The van der Waals surface area contributed by atoms with Crippen molar-refractivity contribution < 1.29 is 17.6 Å². The van der Waals surface area contributed by atoms with Crippen LogP contribution in [0.25, 0.3) is 6.08 Å². The van der Waals surface area contributed by atoms with E-state index in [1.165, 1.54) is 22.5 Å². The summed E-state index contributed by atoms with van der Waals surface area (Å²) in [5.74, 6) is -0.688. The molecule has 1 amide bonds. The summed E-state index contributed by atoms with van der Waals surface area (Å²) in [6.07, 6.45) is 2.74. The monoisotopic (exact) mass is 452 g/mol. The Balaban J connectivity index is 1.63. The number of rotatable bonds is 4. The van der Waals surface area contributed by atoms with Crippen molar-refractivity contribution in [2.75, 3.05) is 26.2 Å². The third-order valence-electron chi connectivity index (χ3n) is 4.29. The van der Waals surface area contributed by atoms with Crippen LogP contribution in [-0.4, -0.2) is 49.7 Å². The molecule has 1 aliphatic heterocycles. The van der Waals surface area contributed by atoms with Crippen molar-refractivity contribution in [2.24, 2.45) is 0 Å². The third kappa shape index (κ3) is 4.63. The van der Waals surface area contributed by atoms with Gasteiger partial charge in [0.1, 0.15) is 5.82 Å². The van der Waals surface area contributed by atoms with Gasteiger partial charge in [-0.15, -0.1) is 0 Å². The second kappa shape index (κ2) is 8.33. The topological polar surface area (TPSA) is 57.7 Å². The maximum atomic E-state index is 13.7. The summed E-state index contributed by atoms with van der Waals surface area (Å²) in [7, 11) is -3.55. The van der Waals surface area contributed by atoms with Gasteiger partial charge in [0.15, 0.2) is 0 Å². The standard InChI is InChI=1S/C19H18BrFN2O3S/c20-16-7-8-18(21)15(14-16)6-9-19(24)22-10-12-23(13-11-22)27(25,26)17-4-2-1-3-5-17/h1-9,14H,10-13H2. The average molecular weight is 453 g/mol. The van der Waals surface area contributed by atoms with Gasteiger partial charge in [0, 0.05) is 42.3 Å². The Bertz CT molecular complexity index is 956. The van der Waals surface area contributed by atoms with Gasteiger partial charge < -0.3 is 4.90 Å². The summed E-state index contributed by atoms with van der Waals surface area (Å²) in [6.45, 7) is 1.02. The number of carbonyl (C=O) groups is 1. The van der Waals surface area contributed by atoms with E-state index in [2.05, 4.69) is 15.9 Å². The summed E-state index contributed by atoms with van der Waals surface area (Å²) in [4.78, 5) is 14.1. The number of benzene rings is 2. The highest BCUT2D eigenvalue weighted by Gasteiger charge is 2.29. The number of amides is 1. The molecule has 0 radical (unpaired) electrons. The van der Waals surface area contributed by atoms with Gasteiger partial charge in [-0.05, 0) is 36.4 Å². The number of carbonyl (C=O) groups excluding carboxylic acids is 1. The average Bonchev–Trinajstić information content (AvgIpc) is 2.69. The summed E-state index contributed by atoms with van der Waals surface area (Å²) < 4.78 is 41.0. The van der Waals surface area contributed by atoms with E-state index in [9.17, 15) is 17.6 Å². The van der Waals surface area contributed by atoms with E-state index in [-0.39, 0.29) is 37.0 Å². The first-order valence-electron chi connectivity index (χ1n) is 8.35. The SMILES string of the molecule is O=C(C=Cc1cc(Br)ccc1F)N1CCN(S(=O)(=O)c2ccccc2)CC1. The van der Waals surface area contributed by atoms with Crippen molar-refractivity contribution in [3.05, 3.63) is 70.5 Å². The van der Waals surface area contributed by atoms with Crippen LogP contribution in [0.3, 0.4) is 0 Å². The Morgan fingerprint density at radius 2 is 1.70 bits per heavy atom. The molecule has 1 fully saturated rings. The van der Waals surface area contributed by atoms with Gasteiger partial charge in [-0.3, -0.25) is 4.79 Å². The molecule has 0 saturated carbocycles. The van der Waals surface area contributed by atoms with E-state index >= 15 is 0 Å². The summed E-state index contributed by atoms with van der Waals surface area (Å²) in [6, 6.07) is 12.7. The molecule has 5 nitrogen and oxygen atoms in total. The predicted molar refractivity (Wildman–Crippen MR) is 105 cm³/mol. The fourth-order valence-electron chi connectivity index (χ4n) is 2.80. The largest absolute Gasteiger partial charge is 0.337 e. The Morgan fingerprint density at radius 1 is 1.04 bits per heavy atom. The first-order valence-corrected chi connectivity index (χ1v) is 10.6. The molecule has 1 aliphatic rings. The Morgan fingerprint density at radius 3 is 2.37 bits per heavy atom. The van der Waals surface area contributed by atoms with Crippen LogP contribution in [0, 0.1) is 5.82 Å². The van der Waals surface area contributed by atoms with E-state index in [0.29, 0.717) is 5.56 Å². The normalized spacial score (nSPS) is 16.0. The fraction of sp³-hybridized carbons (Fsp3) is 0.211. The van der Waals surface area contributed by atoms with Crippen molar-refractivity contribution in [2.45, 2.75) is 4.90 Å². The molecule has 27 heavy (non-hydrogen) atoms. The van der Waals surface area contributed by atoms with E-state index < -0.39 is 15.8 Å². The van der Waals surface area contributed by atoms with Gasteiger partial charge in [-0.1, -0.05) is 34.1 Å². The molecule has 142 valence electrons. The van der Waals surface area contributed by atoms with Crippen molar-refractivity contribution in [1.82, 2.24) is 9.21 Å². The van der Waals surface area contributed by atoms with Crippen LogP contribution in [0.15, 0.2) is 64.0 Å². The van der Waals surface area contributed by atoms with Crippen LogP contribution in [-0.2, 0) is 14.8 Å².